The van der Waals surface area contributed by atoms with Gasteiger partial charge in [0.15, 0.2) is 5.78 Å². The molecule has 0 amide bonds. The quantitative estimate of drug-likeness (QED) is 0.472. The number of nitrogens with one attached hydrogen (secondary N) is 1. The number of benzene rings is 1. The summed E-state index contributed by atoms with van der Waals surface area (Å²) in [5.41, 5.74) is -0.0479. The van der Waals surface area contributed by atoms with Crippen LogP contribution in [0.1, 0.15) is 42.1 Å². The maximum atomic E-state index is 12.5. The topological polar surface area (TPSA) is 147 Å². The minimum atomic E-state index is -3.77. The van der Waals surface area contributed by atoms with E-state index in [1.807, 2.05) is 0 Å². The molecule has 0 aromatic heterocycles. The molecule has 0 fully saturated rings. The molecule has 1 aliphatic rings. The van der Waals surface area contributed by atoms with Crippen molar-refractivity contribution in [2.75, 3.05) is 12.9 Å². The van der Waals surface area contributed by atoms with Crippen LogP contribution in [0.15, 0.2) is 18.2 Å². The zero-order valence-corrected chi connectivity index (χ0v) is 16.9. The highest BCUT2D eigenvalue weighted by atomic mass is 32.2. The maximum absolute atomic E-state index is 12.5. The Kier molecular flexibility index (Phi) is 7.15. The zero-order chi connectivity index (χ0) is 21.8. The molecule has 2 atom stereocenters. The first-order valence-electron chi connectivity index (χ1n) is 8.92. The first-order valence-corrected chi connectivity index (χ1v) is 10.8. The number of fused-ring (bicyclic) bond motifs is 1. The van der Waals surface area contributed by atoms with Crippen LogP contribution in [0.3, 0.4) is 0 Å². The van der Waals surface area contributed by atoms with Gasteiger partial charge < -0.3 is 14.9 Å². The standard InChI is InChI=1S/C19H23NO8S/c1-11-6-7-28-19(25)17-12(9-13(21)10-15(17)22)4-3-5-14(20-29(2,26)27)18(24)16(23)8-11/h3-4,9-11,14,20-22H,5-8H2,1-2H3/b4-3+/t11?,14-/m0/s1. The molecule has 1 aromatic carbocycles. The number of carbonyl (C=O) groups is 3. The first-order chi connectivity index (χ1) is 13.5. The van der Waals surface area contributed by atoms with Crippen molar-refractivity contribution in [3.05, 3.63) is 29.3 Å². The number of cyclic esters (lactones) is 1. The van der Waals surface area contributed by atoms with E-state index in [0.29, 0.717) is 6.42 Å². The van der Waals surface area contributed by atoms with E-state index < -0.39 is 39.4 Å². The van der Waals surface area contributed by atoms with Gasteiger partial charge in [0.05, 0.1) is 18.9 Å². The molecular weight excluding hydrogens is 402 g/mol. The molecule has 1 unspecified atom stereocenters. The number of aromatic hydroxyl groups is 2. The third-order valence-corrected chi connectivity index (χ3v) is 5.04. The van der Waals surface area contributed by atoms with Gasteiger partial charge in [-0.1, -0.05) is 19.1 Å². The zero-order valence-electron chi connectivity index (χ0n) is 16.0. The van der Waals surface area contributed by atoms with Gasteiger partial charge in [0.2, 0.25) is 15.8 Å². The average Bonchev–Trinajstić information content (AvgIpc) is 2.57. The normalized spacial score (nSPS) is 23.0. The third-order valence-electron chi connectivity index (χ3n) is 4.33. The van der Waals surface area contributed by atoms with E-state index in [-0.39, 0.29) is 42.2 Å². The Hall–Kier alpha value is -2.72. The van der Waals surface area contributed by atoms with Crippen molar-refractivity contribution in [2.45, 2.75) is 32.2 Å². The molecule has 29 heavy (non-hydrogen) atoms. The highest BCUT2D eigenvalue weighted by Crippen LogP contribution is 2.29. The van der Waals surface area contributed by atoms with Crippen LogP contribution < -0.4 is 4.72 Å². The summed E-state index contributed by atoms with van der Waals surface area (Å²) in [6.07, 6.45) is 3.59. The van der Waals surface area contributed by atoms with Gasteiger partial charge >= 0.3 is 5.97 Å². The van der Waals surface area contributed by atoms with Crippen molar-refractivity contribution in [3.8, 4) is 11.5 Å². The number of phenols is 2. The lowest BCUT2D eigenvalue weighted by Gasteiger charge is -2.17. The lowest BCUT2D eigenvalue weighted by molar-refractivity contribution is -0.138. The van der Waals surface area contributed by atoms with E-state index in [1.54, 1.807) is 6.92 Å². The fourth-order valence-corrected chi connectivity index (χ4v) is 3.64. The predicted octanol–water partition coefficient (Wildman–Crippen LogP) is 1.14. The molecule has 3 N–H and O–H groups in total. The number of rotatable bonds is 2. The van der Waals surface area contributed by atoms with Crippen molar-refractivity contribution in [2.24, 2.45) is 5.92 Å². The molecule has 1 aliphatic heterocycles. The number of phenolic OH excluding ortho intramolecular Hbond substituents is 2. The molecule has 0 bridgehead atoms. The SMILES string of the molecule is CC1CCOC(=O)c2c(O)cc(O)cc2/C=C/C[C@H](NS(C)(=O)=O)C(=O)C(=O)C1. The molecule has 0 aliphatic carbocycles. The molecule has 1 heterocycles. The van der Waals surface area contributed by atoms with Crippen molar-refractivity contribution in [3.63, 3.8) is 0 Å². The molecule has 0 saturated heterocycles. The van der Waals surface area contributed by atoms with Crippen molar-refractivity contribution in [1.29, 1.82) is 0 Å². The van der Waals surface area contributed by atoms with Crippen molar-refractivity contribution in [1.82, 2.24) is 4.72 Å². The number of ether oxygens (including phenoxy) is 1. The molecule has 2 rings (SSSR count). The lowest BCUT2D eigenvalue weighted by atomic mass is 9.95. The number of ketones is 2. The first kappa shape index (κ1) is 22.6. The maximum Gasteiger partial charge on any atom is 0.342 e. The number of sulfonamides is 1. The predicted molar refractivity (Wildman–Crippen MR) is 104 cm³/mol. The highest BCUT2D eigenvalue weighted by molar-refractivity contribution is 7.88. The minimum Gasteiger partial charge on any atom is -0.508 e. The molecule has 0 spiro atoms. The van der Waals surface area contributed by atoms with Gasteiger partial charge in [0, 0.05) is 12.5 Å². The smallest absolute Gasteiger partial charge is 0.342 e. The molecular formula is C19H23NO8S. The number of carbonyl (C=O) groups excluding carboxylic acids is 3. The monoisotopic (exact) mass is 425 g/mol. The third kappa shape index (κ3) is 6.40. The summed E-state index contributed by atoms with van der Waals surface area (Å²) < 4.78 is 30.5. The molecule has 10 heteroatoms. The van der Waals surface area contributed by atoms with Gasteiger partial charge in [-0.15, -0.1) is 0 Å². The van der Waals surface area contributed by atoms with Crippen LogP contribution in [0.5, 0.6) is 11.5 Å². The van der Waals surface area contributed by atoms with Crippen molar-refractivity contribution < 1.29 is 37.8 Å². The fraction of sp³-hybridized carbons (Fsp3) is 0.421. The van der Waals surface area contributed by atoms with Crippen LogP contribution in [0, 0.1) is 5.92 Å². The van der Waals surface area contributed by atoms with Crippen LogP contribution in [-0.2, 0) is 24.3 Å². The van der Waals surface area contributed by atoms with Gasteiger partial charge in [-0.3, -0.25) is 9.59 Å². The number of esters is 1. The summed E-state index contributed by atoms with van der Waals surface area (Å²) in [5, 5.41) is 19.8. The Bertz CT molecular complexity index is 951. The molecule has 0 radical (unpaired) electrons. The van der Waals surface area contributed by atoms with Gasteiger partial charge in [0.1, 0.15) is 17.1 Å². The van der Waals surface area contributed by atoms with Crippen LogP contribution in [-0.4, -0.2) is 55.1 Å². The summed E-state index contributed by atoms with van der Waals surface area (Å²) in [5.74, 6) is -3.45. The summed E-state index contributed by atoms with van der Waals surface area (Å²) >= 11 is 0. The molecule has 158 valence electrons. The van der Waals surface area contributed by atoms with Gasteiger partial charge in [0.25, 0.3) is 0 Å². The average molecular weight is 425 g/mol. The van der Waals surface area contributed by atoms with Crippen LogP contribution in [0.4, 0.5) is 0 Å². The van der Waals surface area contributed by atoms with E-state index in [0.717, 1.165) is 12.3 Å². The Morgan fingerprint density at radius 2 is 1.86 bits per heavy atom. The van der Waals surface area contributed by atoms with Crippen LogP contribution in [0.2, 0.25) is 0 Å². The Morgan fingerprint density at radius 3 is 2.52 bits per heavy atom. The van der Waals surface area contributed by atoms with E-state index in [1.165, 1.54) is 18.2 Å². The second kappa shape index (κ2) is 9.19. The van der Waals surface area contributed by atoms with Gasteiger partial charge in [-0.25, -0.2) is 17.9 Å². The van der Waals surface area contributed by atoms with Gasteiger partial charge in [-0.05, 0) is 30.4 Å². The Balaban J connectivity index is 2.47. The second-order valence-electron chi connectivity index (χ2n) is 7.03. The number of hydrogen-bond donors (Lipinski definition) is 3. The molecule has 1 aromatic rings. The summed E-state index contributed by atoms with van der Waals surface area (Å²) in [6, 6.07) is 0.911. The van der Waals surface area contributed by atoms with Crippen molar-refractivity contribution >= 4 is 33.6 Å². The van der Waals surface area contributed by atoms with Gasteiger partial charge in [-0.2, -0.15) is 0 Å². The second-order valence-corrected chi connectivity index (χ2v) is 8.81. The summed E-state index contributed by atoms with van der Waals surface area (Å²) in [4.78, 5) is 37.1. The Morgan fingerprint density at radius 1 is 1.17 bits per heavy atom. The summed E-state index contributed by atoms with van der Waals surface area (Å²) in [7, 11) is -3.77. The molecule has 9 nitrogen and oxygen atoms in total. The fourth-order valence-electron chi connectivity index (χ4n) is 2.92. The van der Waals surface area contributed by atoms with E-state index in [2.05, 4.69) is 4.72 Å². The lowest BCUT2D eigenvalue weighted by Crippen LogP contribution is -2.43. The van der Waals surface area contributed by atoms with E-state index in [4.69, 9.17) is 4.74 Å². The number of Topliss-reactive ketones (excluding diaryl/α,β-unsaturated/α-hetero) is 2. The minimum absolute atomic E-state index is 0.0457. The van der Waals surface area contributed by atoms with E-state index in [9.17, 15) is 33.0 Å². The van der Waals surface area contributed by atoms with Crippen LogP contribution >= 0.6 is 0 Å². The van der Waals surface area contributed by atoms with E-state index >= 15 is 0 Å². The highest BCUT2D eigenvalue weighted by Gasteiger charge is 2.28. The Labute approximate surface area is 168 Å². The van der Waals surface area contributed by atoms with Crippen LogP contribution in [0.25, 0.3) is 6.08 Å². The summed E-state index contributed by atoms with van der Waals surface area (Å²) in [6.45, 7) is 1.66. The largest absolute Gasteiger partial charge is 0.508 e. The number of hydrogen-bond acceptors (Lipinski definition) is 8. The molecule has 0 saturated carbocycles.